The third-order valence-electron chi connectivity index (χ3n) is 4.93. The molecule has 0 saturated heterocycles. The summed E-state index contributed by atoms with van der Waals surface area (Å²) < 4.78 is 20.2. The summed E-state index contributed by atoms with van der Waals surface area (Å²) >= 11 is 7.94. The van der Waals surface area contributed by atoms with Crippen LogP contribution in [0.5, 0.6) is 11.5 Å². The average Bonchev–Trinajstić information content (AvgIpc) is 3.16. The average molecular weight is 744 g/mol. The SMILES string of the molecule is CCOc1cc(/C=C2\N=C(c3ccc(I)c(Br)c3)OC2=O)cc(I)c1OCc1ccc(C)cc1. The maximum Gasteiger partial charge on any atom is 0.363 e. The van der Waals surface area contributed by atoms with E-state index < -0.39 is 5.97 Å². The van der Waals surface area contributed by atoms with Gasteiger partial charge in [-0.3, -0.25) is 0 Å². The lowest BCUT2D eigenvalue weighted by Gasteiger charge is -2.15. The molecule has 8 heteroatoms. The molecule has 4 rings (SSSR count). The lowest BCUT2D eigenvalue weighted by molar-refractivity contribution is -0.129. The number of rotatable bonds is 7. The quantitative estimate of drug-likeness (QED) is 0.145. The predicted octanol–water partition coefficient (Wildman–Crippen LogP) is 7.29. The zero-order valence-corrected chi connectivity index (χ0v) is 24.3. The third-order valence-corrected chi connectivity index (χ3v) is 8.07. The molecule has 0 saturated carbocycles. The van der Waals surface area contributed by atoms with Gasteiger partial charge in [0.15, 0.2) is 17.2 Å². The summed E-state index contributed by atoms with van der Waals surface area (Å²) in [6.45, 7) is 4.90. The first-order valence-corrected chi connectivity index (χ1v) is 13.4. The van der Waals surface area contributed by atoms with Gasteiger partial charge in [0, 0.05) is 13.6 Å². The van der Waals surface area contributed by atoms with Crippen molar-refractivity contribution in [2.45, 2.75) is 20.5 Å². The molecule has 0 unspecified atom stereocenters. The van der Waals surface area contributed by atoms with Crippen LogP contribution in [0.4, 0.5) is 0 Å². The van der Waals surface area contributed by atoms with Crippen molar-refractivity contribution in [2.24, 2.45) is 4.99 Å². The highest BCUT2D eigenvalue weighted by Crippen LogP contribution is 2.36. The number of halogens is 3. The second kappa shape index (κ2) is 11.2. The van der Waals surface area contributed by atoms with Gasteiger partial charge >= 0.3 is 5.97 Å². The largest absolute Gasteiger partial charge is 0.490 e. The van der Waals surface area contributed by atoms with Crippen LogP contribution in [0.15, 0.2) is 69.8 Å². The zero-order valence-electron chi connectivity index (χ0n) is 18.4. The molecule has 0 radical (unpaired) electrons. The normalized spacial score (nSPS) is 14.2. The van der Waals surface area contributed by atoms with Crippen molar-refractivity contribution in [2.75, 3.05) is 6.61 Å². The highest BCUT2D eigenvalue weighted by Gasteiger charge is 2.25. The number of hydrogen-bond acceptors (Lipinski definition) is 5. The number of nitrogens with zero attached hydrogens (tertiary/aromatic N) is 1. The number of carbonyl (C=O) groups excluding carboxylic acids is 1. The van der Waals surface area contributed by atoms with Crippen LogP contribution in [0, 0.1) is 14.1 Å². The van der Waals surface area contributed by atoms with E-state index in [0.29, 0.717) is 24.7 Å². The molecule has 1 aliphatic heterocycles. The van der Waals surface area contributed by atoms with Crippen molar-refractivity contribution in [3.05, 3.63) is 94.2 Å². The Morgan fingerprint density at radius 2 is 1.79 bits per heavy atom. The summed E-state index contributed by atoms with van der Waals surface area (Å²) in [6, 6.07) is 17.7. The molecule has 5 nitrogen and oxygen atoms in total. The molecule has 0 bridgehead atoms. The number of hydrogen-bond donors (Lipinski definition) is 0. The highest BCUT2D eigenvalue weighted by atomic mass is 127. The van der Waals surface area contributed by atoms with Gasteiger partial charge < -0.3 is 14.2 Å². The Morgan fingerprint density at radius 1 is 1.03 bits per heavy atom. The smallest absolute Gasteiger partial charge is 0.363 e. The van der Waals surface area contributed by atoms with E-state index >= 15 is 0 Å². The van der Waals surface area contributed by atoms with Crippen LogP contribution < -0.4 is 9.47 Å². The lowest BCUT2D eigenvalue weighted by Crippen LogP contribution is -2.05. The van der Waals surface area contributed by atoms with Gasteiger partial charge in [0.25, 0.3) is 0 Å². The van der Waals surface area contributed by atoms with Gasteiger partial charge in [-0.2, -0.15) is 0 Å². The van der Waals surface area contributed by atoms with Crippen LogP contribution in [0.1, 0.15) is 29.2 Å². The second-order valence-corrected chi connectivity index (χ2v) is 10.7. The van der Waals surface area contributed by atoms with Crippen LogP contribution in [-0.2, 0) is 16.1 Å². The van der Waals surface area contributed by atoms with Crippen LogP contribution in [0.2, 0.25) is 0 Å². The fourth-order valence-electron chi connectivity index (χ4n) is 3.23. The van der Waals surface area contributed by atoms with Crippen molar-refractivity contribution in [1.29, 1.82) is 0 Å². The molecule has 1 aliphatic rings. The molecule has 3 aromatic carbocycles. The predicted molar refractivity (Wildman–Crippen MR) is 153 cm³/mol. The molecule has 0 amide bonds. The number of carbonyl (C=O) groups is 1. The van der Waals surface area contributed by atoms with Crippen molar-refractivity contribution in [3.63, 3.8) is 0 Å². The van der Waals surface area contributed by atoms with E-state index in [1.54, 1.807) is 6.08 Å². The van der Waals surface area contributed by atoms with Gasteiger partial charge in [-0.25, -0.2) is 9.79 Å². The number of aliphatic imine (C=N–C) groups is 1. The lowest BCUT2D eigenvalue weighted by atomic mass is 10.1. The summed E-state index contributed by atoms with van der Waals surface area (Å²) in [5.41, 5.74) is 4.02. The summed E-state index contributed by atoms with van der Waals surface area (Å²) in [5.74, 6) is 1.08. The maximum atomic E-state index is 12.5. The Labute approximate surface area is 234 Å². The number of aryl methyl sites for hydroxylation is 1. The Balaban J connectivity index is 1.61. The molecular formula is C26H20BrI2NO4. The van der Waals surface area contributed by atoms with Crippen molar-refractivity contribution < 1.29 is 19.0 Å². The van der Waals surface area contributed by atoms with Crippen LogP contribution in [0.3, 0.4) is 0 Å². The molecular weight excluding hydrogens is 724 g/mol. The fourth-order valence-corrected chi connectivity index (χ4v) is 4.73. The van der Waals surface area contributed by atoms with E-state index in [1.807, 2.05) is 37.3 Å². The van der Waals surface area contributed by atoms with E-state index in [-0.39, 0.29) is 11.6 Å². The number of ether oxygens (including phenoxy) is 3. The first-order chi connectivity index (χ1) is 16.3. The van der Waals surface area contributed by atoms with E-state index in [9.17, 15) is 4.79 Å². The monoisotopic (exact) mass is 743 g/mol. The molecule has 1 heterocycles. The first-order valence-electron chi connectivity index (χ1n) is 10.5. The van der Waals surface area contributed by atoms with Gasteiger partial charge in [-0.1, -0.05) is 29.8 Å². The standard InChI is InChI=1S/C26H20BrI2NO4/c1-3-32-23-12-17(10-21(29)24(23)33-14-16-6-4-15(2)5-7-16)11-22-26(31)34-25(30-22)18-8-9-20(28)19(27)13-18/h4-13H,3,14H2,1-2H3/b22-11-. The number of esters is 1. The third kappa shape index (κ3) is 6.01. The minimum Gasteiger partial charge on any atom is -0.490 e. The van der Waals surface area contributed by atoms with Gasteiger partial charge in [0.05, 0.1) is 10.2 Å². The molecule has 0 aromatic heterocycles. The molecule has 3 aromatic rings. The number of benzene rings is 3. The van der Waals surface area contributed by atoms with Crippen molar-refractivity contribution in [3.8, 4) is 11.5 Å². The van der Waals surface area contributed by atoms with Crippen molar-refractivity contribution in [1.82, 2.24) is 0 Å². The topological polar surface area (TPSA) is 57.1 Å². The number of cyclic esters (lactones) is 1. The molecule has 0 atom stereocenters. The summed E-state index contributed by atoms with van der Waals surface area (Å²) in [5, 5.41) is 0. The van der Waals surface area contributed by atoms with Crippen LogP contribution >= 0.6 is 61.1 Å². The second-order valence-electron chi connectivity index (χ2n) is 7.50. The van der Waals surface area contributed by atoms with Gasteiger partial charge in [0.2, 0.25) is 5.90 Å². The minimum absolute atomic E-state index is 0.233. The van der Waals surface area contributed by atoms with E-state index in [4.69, 9.17) is 14.2 Å². The van der Waals surface area contributed by atoms with E-state index in [0.717, 1.165) is 28.3 Å². The van der Waals surface area contributed by atoms with Gasteiger partial charge in [-0.15, -0.1) is 0 Å². The summed E-state index contributed by atoms with van der Waals surface area (Å²) in [4.78, 5) is 16.9. The molecule has 0 aliphatic carbocycles. The summed E-state index contributed by atoms with van der Waals surface area (Å²) in [6.07, 6.45) is 1.70. The summed E-state index contributed by atoms with van der Waals surface area (Å²) in [7, 11) is 0. The molecule has 0 fully saturated rings. The fraction of sp³-hybridized carbons (Fsp3) is 0.154. The highest BCUT2D eigenvalue weighted by molar-refractivity contribution is 14.1. The molecule has 34 heavy (non-hydrogen) atoms. The first kappa shape index (κ1) is 25.2. The zero-order chi connectivity index (χ0) is 24.2. The Hall–Kier alpha value is -1.92. The molecule has 174 valence electrons. The Kier molecular flexibility index (Phi) is 8.30. The van der Waals surface area contributed by atoms with Crippen molar-refractivity contribution >= 4 is 79.1 Å². The molecule has 0 N–H and O–H groups in total. The van der Waals surface area contributed by atoms with Gasteiger partial charge in [0.1, 0.15) is 6.61 Å². The Bertz CT molecular complexity index is 1300. The van der Waals surface area contributed by atoms with E-state index in [1.165, 1.54) is 5.56 Å². The van der Waals surface area contributed by atoms with Crippen LogP contribution in [-0.4, -0.2) is 18.5 Å². The molecule has 0 spiro atoms. The van der Waals surface area contributed by atoms with E-state index in [2.05, 4.69) is 97.3 Å². The Morgan fingerprint density at radius 3 is 2.50 bits per heavy atom. The maximum absolute atomic E-state index is 12.5. The van der Waals surface area contributed by atoms with Crippen LogP contribution in [0.25, 0.3) is 6.08 Å². The minimum atomic E-state index is -0.489. The van der Waals surface area contributed by atoms with Gasteiger partial charge in [-0.05, 0) is 122 Å².